The molecule has 6 nitrogen and oxygen atoms in total. The number of carbonyl (C=O) groups is 2. The van der Waals surface area contributed by atoms with E-state index in [2.05, 4.69) is 10.4 Å². The van der Waals surface area contributed by atoms with E-state index in [0.717, 1.165) is 22.9 Å². The zero-order chi connectivity index (χ0) is 19.8. The molecule has 144 valence electrons. The molecule has 0 bridgehead atoms. The molecule has 1 aliphatic rings. The molecule has 0 unspecified atom stereocenters. The number of nitrogens with one attached hydrogen (secondary N) is 1. The Kier molecular flexibility index (Phi) is 4.90. The summed E-state index contributed by atoms with van der Waals surface area (Å²) in [5.41, 5.74) is 4.44. The lowest BCUT2D eigenvalue weighted by Gasteiger charge is -2.15. The first kappa shape index (κ1) is 18.9. The monoisotopic (exact) mass is 384 g/mol. The van der Waals surface area contributed by atoms with Crippen LogP contribution in [0.3, 0.4) is 0 Å². The second kappa shape index (κ2) is 7.01. The van der Waals surface area contributed by atoms with Gasteiger partial charge in [-0.15, -0.1) is 0 Å². The molecule has 10 heteroatoms. The van der Waals surface area contributed by atoms with Crippen LogP contribution in [-0.2, 0) is 30.4 Å². The number of fused-ring (bicyclic) bond motifs is 1. The highest BCUT2D eigenvalue weighted by atomic mass is 19.4. The van der Waals surface area contributed by atoms with E-state index in [9.17, 15) is 27.2 Å². The largest absolute Gasteiger partial charge is 0.435 e. The molecule has 0 aliphatic heterocycles. The first-order valence-electron chi connectivity index (χ1n) is 8.21. The van der Waals surface area contributed by atoms with Gasteiger partial charge in [-0.2, -0.15) is 18.3 Å². The first-order chi connectivity index (χ1) is 12.7. The van der Waals surface area contributed by atoms with E-state index < -0.39 is 36.0 Å². The van der Waals surface area contributed by atoms with Crippen molar-refractivity contribution in [1.29, 1.82) is 0 Å². The predicted octanol–water partition coefficient (Wildman–Crippen LogP) is 2.66. The van der Waals surface area contributed by atoms with Crippen molar-refractivity contribution >= 4 is 17.5 Å². The standard InChI is InChI=1S/C17H16F4N4O2/c18-9-5-6-12(11(7-9)16(22)27)23-14(26)8-25-13-4-2-1-3-10(13)15(24-25)17(19,20)21/h5-7H,1-4,8H2,(H2,22,27)(H,23,26). The Morgan fingerprint density at radius 3 is 2.59 bits per heavy atom. The summed E-state index contributed by atoms with van der Waals surface area (Å²) in [6, 6.07) is 3.06. The van der Waals surface area contributed by atoms with Crippen LogP contribution >= 0.6 is 0 Å². The summed E-state index contributed by atoms with van der Waals surface area (Å²) >= 11 is 0. The molecule has 0 saturated heterocycles. The number of aromatic nitrogens is 2. The molecule has 0 spiro atoms. The van der Waals surface area contributed by atoms with Crippen molar-refractivity contribution in [2.24, 2.45) is 5.73 Å². The highest BCUT2D eigenvalue weighted by Crippen LogP contribution is 2.35. The van der Waals surface area contributed by atoms with Crippen LogP contribution < -0.4 is 11.1 Å². The van der Waals surface area contributed by atoms with Gasteiger partial charge < -0.3 is 11.1 Å². The summed E-state index contributed by atoms with van der Waals surface area (Å²) < 4.78 is 53.9. The molecule has 0 radical (unpaired) electrons. The Bertz CT molecular complexity index is 905. The number of rotatable bonds is 4. The molecule has 1 aromatic carbocycles. The molecule has 2 aromatic rings. The average Bonchev–Trinajstić information content (AvgIpc) is 2.95. The van der Waals surface area contributed by atoms with Crippen LogP contribution in [0.4, 0.5) is 23.2 Å². The van der Waals surface area contributed by atoms with Crippen LogP contribution in [0, 0.1) is 5.82 Å². The van der Waals surface area contributed by atoms with Gasteiger partial charge in [-0.1, -0.05) is 0 Å². The maximum Gasteiger partial charge on any atom is 0.435 e. The van der Waals surface area contributed by atoms with E-state index in [1.54, 1.807) is 0 Å². The Balaban J connectivity index is 1.85. The van der Waals surface area contributed by atoms with Crippen LogP contribution in [-0.4, -0.2) is 21.6 Å². The summed E-state index contributed by atoms with van der Waals surface area (Å²) in [6.07, 6.45) is -2.60. The average molecular weight is 384 g/mol. The van der Waals surface area contributed by atoms with Gasteiger partial charge >= 0.3 is 6.18 Å². The van der Waals surface area contributed by atoms with Crippen molar-refractivity contribution in [3.63, 3.8) is 0 Å². The summed E-state index contributed by atoms with van der Waals surface area (Å²) in [6.45, 7) is -0.464. The van der Waals surface area contributed by atoms with Crippen molar-refractivity contribution in [2.45, 2.75) is 38.4 Å². The highest BCUT2D eigenvalue weighted by Gasteiger charge is 2.39. The topological polar surface area (TPSA) is 90.0 Å². The fraction of sp³-hybridized carbons (Fsp3) is 0.353. The number of primary amides is 1. The molecule has 1 aromatic heterocycles. The molecule has 3 N–H and O–H groups in total. The van der Waals surface area contributed by atoms with E-state index in [1.165, 1.54) is 0 Å². The van der Waals surface area contributed by atoms with Gasteiger partial charge in [0.1, 0.15) is 12.4 Å². The number of benzene rings is 1. The van der Waals surface area contributed by atoms with Gasteiger partial charge in [-0.25, -0.2) is 4.39 Å². The van der Waals surface area contributed by atoms with Crippen LogP contribution in [0.5, 0.6) is 0 Å². The fourth-order valence-corrected chi connectivity index (χ4v) is 3.18. The van der Waals surface area contributed by atoms with Crippen LogP contribution in [0.15, 0.2) is 18.2 Å². The summed E-state index contributed by atoms with van der Waals surface area (Å²) in [4.78, 5) is 23.7. The normalized spacial score (nSPS) is 13.9. The van der Waals surface area contributed by atoms with Gasteiger partial charge in [-0.05, 0) is 43.9 Å². The number of hydrogen-bond acceptors (Lipinski definition) is 3. The number of alkyl halides is 3. The van der Waals surface area contributed by atoms with E-state index in [4.69, 9.17) is 5.73 Å². The molecule has 0 fully saturated rings. The minimum Gasteiger partial charge on any atom is -0.366 e. The van der Waals surface area contributed by atoms with Crippen LogP contribution in [0.1, 0.15) is 40.2 Å². The second-order valence-corrected chi connectivity index (χ2v) is 6.24. The van der Waals surface area contributed by atoms with E-state index in [1.807, 2.05) is 0 Å². The van der Waals surface area contributed by atoms with Gasteiger partial charge in [0.25, 0.3) is 5.91 Å². The predicted molar refractivity (Wildman–Crippen MR) is 87.4 cm³/mol. The third-order valence-electron chi connectivity index (χ3n) is 4.34. The summed E-state index contributed by atoms with van der Waals surface area (Å²) in [5.74, 6) is -2.35. The van der Waals surface area contributed by atoms with Gasteiger partial charge in [0.05, 0.1) is 11.3 Å². The number of anilines is 1. The molecule has 27 heavy (non-hydrogen) atoms. The van der Waals surface area contributed by atoms with Crippen molar-refractivity contribution < 1.29 is 27.2 Å². The highest BCUT2D eigenvalue weighted by molar-refractivity contribution is 6.02. The minimum atomic E-state index is -4.60. The quantitative estimate of drug-likeness (QED) is 0.794. The number of amides is 2. The third-order valence-corrected chi connectivity index (χ3v) is 4.34. The van der Waals surface area contributed by atoms with Crippen LogP contribution in [0.25, 0.3) is 0 Å². The zero-order valence-electron chi connectivity index (χ0n) is 14.1. The van der Waals surface area contributed by atoms with Gasteiger partial charge in [0.15, 0.2) is 5.69 Å². The lowest BCUT2D eigenvalue weighted by molar-refractivity contribution is -0.142. The molecule has 2 amide bonds. The molecule has 3 rings (SSSR count). The van der Waals surface area contributed by atoms with Gasteiger partial charge in [0, 0.05) is 11.3 Å². The number of halogens is 4. The molecule has 0 atom stereocenters. The Hall–Kier alpha value is -2.91. The van der Waals surface area contributed by atoms with Crippen molar-refractivity contribution in [1.82, 2.24) is 9.78 Å². The molecule has 0 saturated carbocycles. The Morgan fingerprint density at radius 1 is 1.22 bits per heavy atom. The summed E-state index contributed by atoms with van der Waals surface area (Å²) in [5, 5.41) is 5.97. The number of nitrogens with two attached hydrogens (primary N) is 1. The molecule has 1 heterocycles. The van der Waals surface area contributed by atoms with E-state index >= 15 is 0 Å². The van der Waals surface area contributed by atoms with Crippen molar-refractivity contribution in [3.05, 3.63) is 46.5 Å². The molecular weight excluding hydrogens is 368 g/mol. The maximum absolute atomic E-state index is 13.3. The molecular formula is C17H16F4N4O2. The smallest absolute Gasteiger partial charge is 0.366 e. The van der Waals surface area contributed by atoms with Gasteiger partial charge in [0.2, 0.25) is 5.91 Å². The zero-order valence-corrected chi connectivity index (χ0v) is 14.1. The minimum absolute atomic E-state index is 0.0223. The lowest BCUT2D eigenvalue weighted by atomic mass is 9.95. The maximum atomic E-state index is 13.3. The Morgan fingerprint density at radius 2 is 1.93 bits per heavy atom. The van der Waals surface area contributed by atoms with E-state index in [0.29, 0.717) is 25.0 Å². The number of nitrogens with zero attached hydrogens (tertiary/aromatic N) is 2. The summed E-state index contributed by atoms with van der Waals surface area (Å²) in [7, 11) is 0. The third kappa shape index (κ3) is 3.93. The first-order valence-corrected chi connectivity index (χ1v) is 8.21. The van der Waals surface area contributed by atoms with Gasteiger partial charge in [-0.3, -0.25) is 14.3 Å². The lowest BCUT2D eigenvalue weighted by Crippen LogP contribution is -2.24. The van der Waals surface area contributed by atoms with E-state index in [-0.39, 0.29) is 23.2 Å². The van der Waals surface area contributed by atoms with Crippen molar-refractivity contribution in [3.8, 4) is 0 Å². The number of carbonyl (C=O) groups excluding carboxylic acids is 2. The van der Waals surface area contributed by atoms with Crippen LogP contribution in [0.2, 0.25) is 0 Å². The SMILES string of the molecule is NC(=O)c1cc(F)ccc1NC(=O)Cn1nc(C(F)(F)F)c2c1CCCC2. The molecule has 1 aliphatic carbocycles. The Labute approximate surface area is 151 Å². The second-order valence-electron chi connectivity index (χ2n) is 6.24. The number of hydrogen-bond donors (Lipinski definition) is 2. The van der Waals surface area contributed by atoms with Crippen molar-refractivity contribution in [2.75, 3.05) is 5.32 Å². The fourth-order valence-electron chi connectivity index (χ4n) is 3.18.